The van der Waals surface area contributed by atoms with Gasteiger partial charge in [-0.05, 0) is 26.0 Å². The third kappa shape index (κ3) is 4.87. The topological polar surface area (TPSA) is 121 Å². The van der Waals surface area contributed by atoms with Crippen LogP contribution >= 0.6 is 11.3 Å². The number of ketones is 1. The van der Waals surface area contributed by atoms with Gasteiger partial charge in [0.1, 0.15) is 23.4 Å². The van der Waals surface area contributed by atoms with E-state index in [4.69, 9.17) is 0 Å². The van der Waals surface area contributed by atoms with Crippen LogP contribution in [0.15, 0.2) is 29.3 Å². The Hall–Kier alpha value is -2.96. The van der Waals surface area contributed by atoms with Gasteiger partial charge in [-0.15, -0.1) is 11.3 Å². The lowest BCUT2D eigenvalue weighted by atomic mass is 10.0. The van der Waals surface area contributed by atoms with Crippen LogP contribution in [0.5, 0.6) is 0 Å². The number of anilines is 1. The molecule has 2 aromatic heterocycles. The molecule has 3 N–H and O–H groups in total. The number of rotatable bonds is 5. The Balaban J connectivity index is 1.83. The van der Waals surface area contributed by atoms with Gasteiger partial charge in [-0.25, -0.2) is 15.0 Å². The third-order valence-corrected chi connectivity index (χ3v) is 6.36. The van der Waals surface area contributed by atoms with Crippen molar-refractivity contribution in [2.75, 3.05) is 11.9 Å². The summed E-state index contributed by atoms with van der Waals surface area (Å²) in [6, 6.07) is 7.40. The number of thiazole rings is 1. The number of fused-ring (bicyclic) bond motifs is 1. The van der Waals surface area contributed by atoms with Crippen LogP contribution in [0.1, 0.15) is 19.0 Å². The number of halogens is 3. The van der Waals surface area contributed by atoms with Gasteiger partial charge in [0.15, 0.2) is 5.82 Å². The number of carbonyl (C=O) groups excluding carboxylic acids is 1. The predicted molar refractivity (Wildman–Crippen MR) is 118 cm³/mol. The van der Waals surface area contributed by atoms with E-state index in [2.05, 4.69) is 25.3 Å². The molecule has 1 aromatic carbocycles. The van der Waals surface area contributed by atoms with E-state index in [1.54, 1.807) is 6.92 Å². The molecule has 3 atom stereocenters. The summed E-state index contributed by atoms with van der Waals surface area (Å²) in [5, 5.41) is 23.3. The first-order valence-electron chi connectivity index (χ1n) is 10.0. The molecular weight excluding hydrogens is 459 g/mol. The van der Waals surface area contributed by atoms with Gasteiger partial charge in [0.05, 0.1) is 39.2 Å². The van der Waals surface area contributed by atoms with Crippen molar-refractivity contribution in [3.63, 3.8) is 0 Å². The van der Waals surface area contributed by atoms with E-state index in [-0.39, 0.29) is 29.7 Å². The zero-order chi connectivity index (χ0) is 23.9. The minimum atomic E-state index is -4.48. The van der Waals surface area contributed by atoms with Crippen molar-refractivity contribution in [2.45, 2.75) is 38.7 Å². The van der Waals surface area contributed by atoms with Crippen LogP contribution in [0.25, 0.3) is 20.8 Å². The van der Waals surface area contributed by atoms with Crippen molar-refractivity contribution in [1.82, 2.24) is 15.0 Å². The molecule has 174 valence electrons. The maximum Gasteiger partial charge on any atom is 0.405 e. The van der Waals surface area contributed by atoms with E-state index < -0.39 is 30.8 Å². The lowest BCUT2D eigenvalue weighted by molar-refractivity contribution is -0.124. The van der Waals surface area contributed by atoms with Crippen LogP contribution in [0.2, 0.25) is 0 Å². The van der Waals surface area contributed by atoms with Crippen LogP contribution in [-0.4, -0.2) is 61.6 Å². The Labute approximate surface area is 190 Å². The van der Waals surface area contributed by atoms with E-state index in [1.807, 2.05) is 24.3 Å². The maximum atomic E-state index is 12.7. The third-order valence-electron chi connectivity index (χ3n) is 5.30. The molecule has 0 bridgehead atoms. The van der Waals surface area contributed by atoms with E-state index in [0.717, 1.165) is 10.2 Å². The fourth-order valence-electron chi connectivity index (χ4n) is 3.64. The van der Waals surface area contributed by atoms with E-state index >= 15 is 0 Å². The van der Waals surface area contributed by atoms with Crippen molar-refractivity contribution in [3.05, 3.63) is 30.0 Å². The molecule has 0 amide bonds. The summed E-state index contributed by atoms with van der Waals surface area (Å²) in [6.45, 7) is 1.57. The highest BCUT2D eigenvalue weighted by atomic mass is 32.1. The van der Waals surface area contributed by atoms with Crippen molar-refractivity contribution in [1.29, 1.82) is 0 Å². The van der Waals surface area contributed by atoms with Gasteiger partial charge < -0.3 is 15.5 Å². The second-order valence-corrected chi connectivity index (χ2v) is 8.78. The number of nitrogens with one attached hydrogen (secondary N) is 1. The number of aliphatic hydroxyl groups is 2. The van der Waals surface area contributed by atoms with Crippen LogP contribution in [0.3, 0.4) is 0 Å². The average molecular weight is 479 g/mol. The summed E-state index contributed by atoms with van der Waals surface area (Å²) in [4.78, 5) is 29.1. The van der Waals surface area contributed by atoms with Crippen molar-refractivity contribution in [3.8, 4) is 10.6 Å². The van der Waals surface area contributed by atoms with Crippen LogP contribution < -0.4 is 5.32 Å². The summed E-state index contributed by atoms with van der Waals surface area (Å²) >= 11 is 1.34. The highest BCUT2D eigenvalue weighted by molar-refractivity contribution is 7.21. The van der Waals surface area contributed by atoms with Crippen molar-refractivity contribution < 1.29 is 28.2 Å². The molecule has 8 nitrogen and oxygen atoms in total. The van der Waals surface area contributed by atoms with Crippen LogP contribution in [-0.2, 0) is 4.79 Å². The van der Waals surface area contributed by atoms with E-state index in [9.17, 15) is 28.2 Å². The first kappa shape index (κ1) is 23.2. The first-order chi connectivity index (χ1) is 15.5. The number of aromatic nitrogens is 3. The Morgan fingerprint density at radius 3 is 2.61 bits per heavy atom. The number of carbonyl (C=O) groups is 1. The molecule has 3 aromatic rings. The van der Waals surface area contributed by atoms with Gasteiger partial charge in [0.2, 0.25) is 5.95 Å². The van der Waals surface area contributed by atoms with Crippen LogP contribution in [0, 0.1) is 12.8 Å². The summed E-state index contributed by atoms with van der Waals surface area (Å²) in [5.74, 6) is -1.41. The van der Waals surface area contributed by atoms with Gasteiger partial charge in [0.25, 0.3) is 0 Å². The van der Waals surface area contributed by atoms with Gasteiger partial charge in [0, 0.05) is 6.42 Å². The number of hydrogen-bond donors (Lipinski definition) is 3. The maximum absolute atomic E-state index is 12.7. The first-order valence-corrected chi connectivity index (χ1v) is 10.8. The Morgan fingerprint density at radius 2 is 1.97 bits per heavy atom. The summed E-state index contributed by atoms with van der Waals surface area (Å²) in [5.41, 5.74) is 1.58. The highest BCUT2D eigenvalue weighted by Gasteiger charge is 2.41. The molecule has 1 saturated carbocycles. The molecule has 0 radical (unpaired) electrons. The average Bonchev–Trinajstić information content (AvgIpc) is 3.28. The zero-order valence-corrected chi connectivity index (χ0v) is 18.4. The van der Waals surface area contributed by atoms with E-state index in [0.29, 0.717) is 16.3 Å². The number of nitrogens with zero attached hydrogens (tertiary/aromatic N) is 4. The fourth-order valence-corrected chi connectivity index (χ4v) is 4.70. The second-order valence-electron chi connectivity index (χ2n) is 7.75. The number of alkyl halides is 3. The number of para-hydroxylation sites is 1. The molecule has 0 aliphatic heterocycles. The Morgan fingerprint density at radius 1 is 1.24 bits per heavy atom. The number of hydrogen-bond acceptors (Lipinski definition) is 9. The number of benzene rings is 1. The number of aliphatic hydroxyl groups excluding tert-OH is 2. The normalized spacial score (nSPS) is 22.3. The SMILES string of the molecule is CC(=O)[C@H]1CC(=Nc2nc(NCC(F)(F)F)nc(C)c2-c2nc3ccccc3s2)[C@H](O)[C@@H]1O. The predicted octanol–water partition coefficient (Wildman–Crippen LogP) is 3.44. The monoisotopic (exact) mass is 479 g/mol. The van der Waals surface area contributed by atoms with Crippen LogP contribution in [0.4, 0.5) is 24.9 Å². The fraction of sp³-hybridized carbons (Fsp3) is 0.381. The van der Waals surface area contributed by atoms with Gasteiger partial charge in [-0.2, -0.15) is 18.2 Å². The number of aryl methyl sites for hydroxylation is 1. The summed E-state index contributed by atoms with van der Waals surface area (Å²) in [6.07, 6.45) is -7.19. The lowest BCUT2D eigenvalue weighted by Crippen LogP contribution is -2.30. The lowest BCUT2D eigenvalue weighted by Gasteiger charge is -2.13. The molecular formula is C21H20F3N5O3S. The summed E-state index contributed by atoms with van der Waals surface area (Å²) < 4.78 is 39.0. The van der Waals surface area contributed by atoms with Crippen molar-refractivity contribution >= 4 is 44.8 Å². The molecule has 1 aliphatic carbocycles. The standard InChI is InChI=1S/C21H20F3N5O3S/c1-9-15(19-28-12-5-3-4-6-14(12)33-19)18(29-20(26-9)25-8-21(22,23)24)27-13-7-11(10(2)30)16(31)17(13)32/h3-6,11,16-17,31-32H,7-8H2,1-2H3,(H,25,26,29)/t11-,16-,17+/m1/s1. The molecule has 1 fully saturated rings. The minimum absolute atomic E-state index is 0.00307. The number of aliphatic imine (C=N–C) groups is 1. The molecule has 0 saturated heterocycles. The molecule has 12 heteroatoms. The van der Waals surface area contributed by atoms with Gasteiger partial charge in [-0.3, -0.25) is 4.79 Å². The summed E-state index contributed by atoms with van der Waals surface area (Å²) in [7, 11) is 0. The molecule has 0 unspecified atom stereocenters. The quantitative estimate of drug-likeness (QED) is 0.513. The highest BCUT2D eigenvalue weighted by Crippen LogP contribution is 2.38. The Kier molecular flexibility index (Phi) is 6.16. The molecule has 1 aliphatic rings. The molecule has 4 rings (SSSR count). The van der Waals surface area contributed by atoms with E-state index in [1.165, 1.54) is 18.3 Å². The number of Topliss-reactive ketones (excluding diaryl/α,β-unsaturated/α-hetero) is 1. The molecule has 2 heterocycles. The zero-order valence-electron chi connectivity index (χ0n) is 17.6. The molecule has 0 spiro atoms. The smallest absolute Gasteiger partial charge is 0.389 e. The Bertz CT molecular complexity index is 1210. The van der Waals surface area contributed by atoms with Gasteiger partial charge in [-0.1, -0.05) is 12.1 Å². The minimum Gasteiger partial charge on any atom is -0.389 e. The van der Waals surface area contributed by atoms with Crippen molar-refractivity contribution in [2.24, 2.45) is 10.9 Å². The molecule has 33 heavy (non-hydrogen) atoms. The largest absolute Gasteiger partial charge is 0.405 e. The second kappa shape index (κ2) is 8.76. The van der Waals surface area contributed by atoms with Gasteiger partial charge >= 0.3 is 6.18 Å².